The monoisotopic (exact) mass is 414 g/mol. The maximum atomic E-state index is 12.3. The number of carbonyl (C=O) groups is 1. The molecule has 1 fully saturated rings. The lowest BCUT2D eigenvalue weighted by Gasteiger charge is -2.31. The van der Waals surface area contributed by atoms with E-state index in [4.69, 9.17) is 27.9 Å². The van der Waals surface area contributed by atoms with Crippen molar-refractivity contribution >= 4 is 45.6 Å². The maximum absolute atomic E-state index is 12.3. The molecule has 1 aliphatic heterocycles. The van der Waals surface area contributed by atoms with Crippen LogP contribution in [0.3, 0.4) is 0 Å². The summed E-state index contributed by atoms with van der Waals surface area (Å²) < 4.78 is 5.71. The number of carbonyl (C=O) groups excluding carboxylic acids is 1. The highest BCUT2D eigenvalue weighted by Gasteiger charge is 2.27. The normalized spacial score (nSPS) is 23.0. The van der Waals surface area contributed by atoms with E-state index in [-0.39, 0.29) is 18.1 Å². The van der Waals surface area contributed by atoms with Gasteiger partial charge in [0.2, 0.25) is 0 Å². The van der Waals surface area contributed by atoms with Crippen LogP contribution < -0.4 is 10.2 Å². The van der Waals surface area contributed by atoms with E-state index in [0.29, 0.717) is 28.1 Å². The molecule has 2 N–H and O–H groups in total. The highest BCUT2D eigenvalue weighted by atomic mass is 35.5. The van der Waals surface area contributed by atoms with E-state index in [1.165, 1.54) is 16.2 Å². The Morgan fingerprint density at radius 2 is 1.92 bits per heavy atom. The summed E-state index contributed by atoms with van der Waals surface area (Å²) in [5.41, 5.74) is 1.02. The number of ether oxygens (including phenoxy) is 1. The Morgan fingerprint density at radius 1 is 1.27 bits per heavy atom. The van der Waals surface area contributed by atoms with E-state index in [9.17, 15) is 4.79 Å². The summed E-state index contributed by atoms with van der Waals surface area (Å²) >= 11 is 13.5. The summed E-state index contributed by atoms with van der Waals surface area (Å²) in [6.07, 6.45) is 2.81. The molecule has 5 nitrogen and oxygen atoms in total. The molecule has 1 saturated heterocycles. The minimum Gasteiger partial charge on any atom is -0.364 e. The first kappa shape index (κ1) is 19.6. The minimum atomic E-state index is -0.0204. The van der Waals surface area contributed by atoms with E-state index >= 15 is 0 Å². The average Bonchev–Trinajstić information content (AvgIpc) is 2.91. The number of hydrogen-bond acceptors (Lipinski definition) is 4. The van der Waals surface area contributed by atoms with Gasteiger partial charge in [-0.3, -0.25) is 10.1 Å². The molecule has 0 unspecified atom stereocenters. The Hall–Kier alpha value is -1.18. The third-order valence-electron chi connectivity index (χ3n) is 4.13. The number of aromatic nitrogens is 1. The number of amides is 1. The summed E-state index contributed by atoms with van der Waals surface area (Å²) in [6, 6.07) is 5.48. The maximum Gasteiger partial charge on any atom is 0.281 e. The molecule has 0 radical (unpaired) electrons. The molecular weight excluding hydrogens is 393 g/mol. The van der Waals surface area contributed by atoms with Gasteiger partial charge < -0.3 is 9.64 Å². The largest absolute Gasteiger partial charge is 0.364 e. The van der Waals surface area contributed by atoms with Crippen LogP contribution in [0.25, 0.3) is 0 Å². The first-order valence-electron chi connectivity index (χ1n) is 8.56. The summed E-state index contributed by atoms with van der Waals surface area (Å²) in [7, 11) is 0. The molecule has 8 heteroatoms. The van der Waals surface area contributed by atoms with Crippen LogP contribution in [-0.4, -0.2) is 42.7 Å². The summed E-state index contributed by atoms with van der Waals surface area (Å²) in [4.78, 5) is 18.9. The molecule has 0 bridgehead atoms. The number of thiazole rings is 1. The van der Waals surface area contributed by atoms with Gasteiger partial charge in [0, 0.05) is 27.5 Å². The second kappa shape index (κ2) is 8.67. The number of quaternary nitrogens is 1. The van der Waals surface area contributed by atoms with Crippen LogP contribution in [0.2, 0.25) is 10.0 Å². The Kier molecular flexibility index (Phi) is 6.53. The van der Waals surface area contributed by atoms with Crippen LogP contribution in [0, 0.1) is 0 Å². The zero-order valence-corrected chi connectivity index (χ0v) is 17.0. The van der Waals surface area contributed by atoms with Crippen LogP contribution in [0.1, 0.15) is 24.3 Å². The van der Waals surface area contributed by atoms with Crippen LogP contribution in [0.5, 0.6) is 0 Å². The molecular formula is C18H22Cl2N3O2S+. The topological polar surface area (TPSA) is 55.7 Å². The zero-order valence-electron chi connectivity index (χ0n) is 14.7. The van der Waals surface area contributed by atoms with Crippen molar-refractivity contribution in [1.29, 1.82) is 0 Å². The van der Waals surface area contributed by atoms with Gasteiger partial charge in [-0.1, -0.05) is 23.2 Å². The van der Waals surface area contributed by atoms with Crippen LogP contribution >= 0.6 is 34.5 Å². The molecule has 1 aromatic carbocycles. The number of hydrogen-bond donors (Lipinski definition) is 2. The van der Waals surface area contributed by atoms with Gasteiger partial charge in [0.15, 0.2) is 11.7 Å². The van der Waals surface area contributed by atoms with Crippen LogP contribution in [-0.2, 0) is 16.0 Å². The predicted molar refractivity (Wildman–Crippen MR) is 106 cm³/mol. The molecule has 3 rings (SSSR count). The number of halogens is 2. The molecule has 26 heavy (non-hydrogen) atoms. The number of rotatable bonds is 5. The van der Waals surface area contributed by atoms with Crippen molar-refractivity contribution in [3.8, 4) is 0 Å². The first-order chi connectivity index (χ1) is 12.4. The third-order valence-corrected chi connectivity index (χ3v) is 5.48. The van der Waals surface area contributed by atoms with Crippen molar-refractivity contribution in [2.75, 3.05) is 25.0 Å². The number of nitrogens with one attached hydrogen (secondary N) is 2. The average molecular weight is 415 g/mol. The first-order valence-corrected chi connectivity index (χ1v) is 10.1. The quantitative estimate of drug-likeness (QED) is 0.790. The minimum absolute atomic E-state index is 0.0204. The SMILES string of the molecule is C[C@@H]1C[NH+](CC(=O)Nc2ncc(Cc3cc(Cl)cc(Cl)c3)s2)C[C@@H](C)O1. The fourth-order valence-corrected chi connectivity index (χ4v) is 4.72. The lowest BCUT2D eigenvalue weighted by Crippen LogP contribution is -3.16. The summed E-state index contributed by atoms with van der Waals surface area (Å²) in [6.45, 7) is 6.20. The van der Waals surface area contributed by atoms with Crippen molar-refractivity contribution in [3.05, 3.63) is 44.9 Å². The predicted octanol–water partition coefficient (Wildman–Crippen LogP) is 2.67. The fourth-order valence-electron chi connectivity index (χ4n) is 3.29. The van der Waals surface area contributed by atoms with Gasteiger partial charge in [-0.2, -0.15) is 0 Å². The van der Waals surface area contributed by atoms with Gasteiger partial charge in [0.05, 0.1) is 0 Å². The van der Waals surface area contributed by atoms with E-state index < -0.39 is 0 Å². The zero-order chi connectivity index (χ0) is 18.7. The molecule has 140 valence electrons. The van der Waals surface area contributed by atoms with Gasteiger partial charge in [0.1, 0.15) is 25.3 Å². The fraction of sp³-hybridized carbons (Fsp3) is 0.444. The van der Waals surface area contributed by atoms with Crippen molar-refractivity contribution in [3.63, 3.8) is 0 Å². The van der Waals surface area contributed by atoms with Gasteiger partial charge in [0.25, 0.3) is 5.91 Å². The van der Waals surface area contributed by atoms with Gasteiger partial charge in [-0.25, -0.2) is 4.98 Å². The molecule has 1 aromatic heterocycles. The van der Waals surface area contributed by atoms with Crippen molar-refractivity contribution in [2.45, 2.75) is 32.5 Å². The Morgan fingerprint density at radius 3 is 2.58 bits per heavy atom. The summed E-state index contributed by atoms with van der Waals surface area (Å²) in [5.74, 6) is -0.0204. The van der Waals surface area contributed by atoms with Crippen molar-refractivity contribution in [2.24, 2.45) is 0 Å². The number of nitrogens with zero attached hydrogens (tertiary/aromatic N) is 1. The lowest BCUT2D eigenvalue weighted by molar-refractivity contribution is -0.907. The molecule has 0 spiro atoms. The van der Waals surface area contributed by atoms with Crippen LogP contribution in [0.4, 0.5) is 5.13 Å². The van der Waals surface area contributed by atoms with Crippen molar-refractivity contribution in [1.82, 2.24) is 4.98 Å². The van der Waals surface area contributed by atoms with Gasteiger partial charge in [-0.05, 0) is 37.6 Å². The van der Waals surface area contributed by atoms with E-state index in [0.717, 1.165) is 23.5 Å². The second-order valence-electron chi connectivity index (χ2n) is 6.73. The molecule has 2 atom stereocenters. The Bertz CT molecular complexity index is 753. The highest BCUT2D eigenvalue weighted by Crippen LogP contribution is 2.25. The van der Waals surface area contributed by atoms with Crippen LogP contribution in [0.15, 0.2) is 24.4 Å². The van der Waals surface area contributed by atoms with E-state index in [1.54, 1.807) is 12.3 Å². The molecule has 1 aliphatic rings. The van der Waals surface area contributed by atoms with Crippen molar-refractivity contribution < 1.29 is 14.4 Å². The molecule has 0 aliphatic carbocycles. The molecule has 2 heterocycles. The molecule has 0 saturated carbocycles. The number of anilines is 1. The lowest BCUT2D eigenvalue weighted by atomic mass is 10.1. The highest BCUT2D eigenvalue weighted by molar-refractivity contribution is 7.15. The number of morpholine rings is 1. The molecule has 2 aromatic rings. The molecule has 1 amide bonds. The van der Waals surface area contributed by atoms with E-state index in [1.807, 2.05) is 26.0 Å². The van der Waals surface area contributed by atoms with Gasteiger partial charge in [-0.15, -0.1) is 11.3 Å². The summed E-state index contributed by atoms with van der Waals surface area (Å²) in [5, 5.41) is 4.75. The second-order valence-corrected chi connectivity index (χ2v) is 8.71. The van der Waals surface area contributed by atoms with E-state index in [2.05, 4.69) is 10.3 Å². The van der Waals surface area contributed by atoms with Gasteiger partial charge >= 0.3 is 0 Å². The Labute approximate surface area is 167 Å². The number of benzene rings is 1. The Balaban J connectivity index is 1.55. The third kappa shape index (κ3) is 5.66. The smallest absolute Gasteiger partial charge is 0.281 e. The standard InChI is InChI=1S/C18H21Cl2N3O2S/c1-11-8-23(9-12(2)25-11)10-17(24)22-18-21-7-16(26-18)5-13-3-14(19)6-15(20)4-13/h3-4,6-7,11-12H,5,8-10H2,1-2H3,(H,21,22,24)/p+1/t11-,12-/m1/s1.